The minimum Gasteiger partial charge on any atom is -0.350 e. The van der Waals surface area contributed by atoms with Crippen LogP contribution in [0.2, 0.25) is 0 Å². The van der Waals surface area contributed by atoms with Crippen molar-refractivity contribution >= 4 is 17.7 Å². The first kappa shape index (κ1) is 16.9. The van der Waals surface area contributed by atoms with Gasteiger partial charge < -0.3 is 11.2 Å². The van der Waals surface area contributed by atoms with E-state index in [-0.39, 0.29) is 33.1 Å². The summed E-state index contributed by atoms with van der Waals surface area (Å²) in [6.45, 7) is 3.39. The number of aromatic nitrogens is 3. The predicted molar refractivity (Wildman–Crippen MR) is 95.5 cm³/mol. The molecule has 0 radical (unpaired) electrons. The Morgan fingerprint density at radius 2 is 1.80 bits per heavy atom. The Hall–Kier alpha value is -1.57. The Labute approximate surface area is 151 Å². The van der Waals surface area contributed by atoms with Gasteiger partial charge in [0.2, 0.25) is 11.1 Å². The number of aryl methyl sites for hydroxylation is 1. The van der Waals surface area contributed by atoms with Crippen molar-refractivity contribution in [2.45, 2.75) is 68.3 Å². The highest BCUT2D eigenvalue weighted by molar-refractivity contribution is 8.00. The molecule has 4 saturated carbocycles. The van der Waals surface area contributed by atoms with Crippen LogP contribution in [-0.2, 0) is 4.79 Å². The highest BCUT2D eigenvalue weighted by atomic mass is 32.2. The second-order valence-corrected chi connectivity index (χ2v) is 9.50. The van der Waals surface area contributed by atoms with E-state index in [4.69, 9.17) is 5.84 Å². The number of nitrogens with two attached hydrogens (primary N) is 1. The number of amides is 1. The number of carbonyl (C=O) groups excluding carboxylic acids is 1. The lowest BCUT2D eigenvalue weighted by Gasteiger charge is -2.57. The van der Waals surface area contributed by atoms with Crippen molar-refractivity contribution in [3.8, 4) is 0 Å². The van der Waals surface area contributed by atoms with Gasteiger partial charge in [-0.1, -0.05) is 11.8 Å². The Kier molecular flexibility index (Phi) is 4.05. The molecule has 1 aromatic heterocycles. The fourth-order valence-corrected chi connectivity index (χ4v) is 6.16. The molecule has 4 aliphatic carbocycles. The molecule has 0 saturated heterocycles. The van der Waals surface area contributed by atoms with Crippen molar-refractivity contribution in [2.75, 3.05) is 5.84 Å². The maximum atomic E-state index is 12.8. The van der Waals surface area contributed by atoms with Gasteiger partial charge in [-0.3, -0.25) is 9.59 Å². The molecule has 3 N–H and O–H groups in total. The van der Waals surface area contributed by atoms with Crippen LogP contribution in [-0.4, -0.2) is 31.6 Å². The summed E-state index contributed by atoms with van der Waals surface area (Å²) in [5.41, 5.74) is -0.147. The molecule has 0 aromatic carbocycles. The maximum absolute atomic E-state index is 12.8. The number of hydrogen-bond acceptors (Lipinski definition) is 6. The monoisotopic (exact) mass is 363 g/mol. The van der Waals surface area contributed by atoms with E-state index in [2.05, 4.69) is 15.5 Å². The molecule has 0 unspecified atom stereocenters. The summed E-state index contributed by atoms with van der Waals surface area (Å²) in [4.78, 5) is 24.6. The van der Waals surface area contributed by atoms with Crippen LogP contribution in [0.3, 0.4) is 0 Å². The Morgan fingerprint density at radius 3 is 2.36 bits per heavy atom. The number of nitrogen functional groups attached to an aromatic ring is 1. The van der Waals surface area contributed by atoms with Gasteiger partial charge in [-0.05, 0) is 70.1 Å². The van der Waals surface area contributed by atoms with Crippen molar-refractivity contribution in [3.05, 3.63) is 16.0 Å². The zero-order chi connectivity index (χ0) is 17.8. The highest BCUT2D eigenvalue weighted by Gasteiger charge is 2.51. The van der Waals surface area contributed by atoms with Crippen LogP contribution in [0.1, 0.15) is 51.1 Å². The van der Waals surface area contributed by atoms with Gasteiger partial charge in [-0.2, -0.15) is 4.68 Å². The van der Waals surface area contributed by atoms with Crippen molar-refractivity contribution < 1.29 is 4.79 Å². The van der Waals surface area contributed by atoms with E-state index >= 15 is 0 Å². The molecule has 1 amide bonds. The first-order chi connectivity index (χ1) is 11.8. The predicted octanol–water partition coefficient (Wildman–Crippen LogP) is 1.23. The van der Waals surface area contributed by atoms with Crippen LogP contribution >= 0.6 is 11.8 Å². The smallest absolute Gasteiger partial charge is 0.294 e. The van der Waals surface area contributed by atoms with Crippen LogP contribution < -0.4 is 16.7 Å². The molecule has 136 valence electrons. The van der Waals surface area contributed by atoms with E-state index < -0.39 is 0 Å². The molecule has 0 spiro atoms. The number of rotatable bonds is 4. The lowest BCUT2D eigenvalue weighted by atomic mass is 9.53. The summed E-state index contributed by atoms with van der Waals surface area (Å²) < 4.78 is 0.974. The molecule has 0 aliphatic heterocycles. The van der Waals surface area contributed by atoms with Gasteiger partial charge in [0, 0.05) is 5.54 Å². The number of nitrogens with zero attached hydrogens (tertiary/aromatic N) is 3. The second kappa shape index (κ2) is 6.00. The molecule has 8 heteroatoms. The first-order valence-electron chi connectivity index (χ1n) is 9.05. The summed E-state index contributed by atoms with van der Waals surface area (Å²) in [6, 6.07) is 0. The normalized spacial score (nSPS) is 34.1. The maximum Gasteiger partial charge on any atom is 0.294 e. The molecular weight excluding hydrogens is 338 g/mol. The van der Waals surface area contributed by atoms with E-state index in [1.54, 1.807) is 6.92 Å². The van der Waals surface area contributed by atoms with Crippen LogP contribution in [0.5, 0.6) is 0 Å². The van der Waals surface area contributed by atoms with Crippen LogP contribution in [0.15, 0.2) is 9.95 Å². The highest BCUT2D eigenvalue weighted by Crippen LogP contribution is 2.55. The van der Waals surface area contributed by atoms with Crippen LogP contribution in [0.4, 0.5) is 0 Å². The zero-order valence-electron chi connectivity index (χ0n) is 14.7. The first-order valence-corrected chi connectivity index (χ1v) is 9.93. The number of thioether (sulfide) groups is 1. The van der Waals surface area contributed by atoms with E-state index in [0.29, 0.717) is 0 Å². The average Bonchev–Trinajstić information content (AvgIpc) is 2.53. The summed E-state index contributed by atoms with van der Waals surface area (Å²) in [5, 5.41) is 11.0. The topological polar surface area (TPSA) is 103 Å². The zero-order valence-corrected chi connectivity index (χ0v) is 15.5. The van der Waals surface area contributed by atoms with E-state index in [1.807, 2.05) is 6.92 Å². The van der Waals surface area contributed by atoms with Gasteiger partial charge in [0.05, 0.1) is 5.25 Å². The third-order valence-corrected chi connectivity index (χ3v) is 7.15. The number of nitrogens with one attached hydrogen (secondary N) is 1. The summed E-state index contributed by atoms with van der Waals surface area (Å²) in [7, 11) is 0. The Bertz CT molecular complexity index is 727. The van der Waals surface area contributed by atoms with E-state index in [9.17, 15) is 9.59 Å². The summed E-state index contributed by atoms with van der Waals surface area (Å²) in [5.74, 6) is 8.12. The summed E-state index contributed by atoms with van der Waals surface area (Å²) >= 11 is 1.18. The van der Waals surface area contributed by atoms with Crippen molar-refractivity contribution in [1.29, 1.82) is 0 Å². The van der Waals surface area contributed by atoms with Gasteiger partial charge >= 0.3 is 0 Å². The van der Waals surface area contributed by atoms with Gasteiger partial charge in [0.15, 0.2) is 0 Å². The van der Waals surface area contributed by atoms with E-state index in [1.165, 1.54) is 31.0 Å². The molecule has 25 heavy (non-hydrogen) atoms. The molecule has 7 nitrogen and oxygen atoms in total. The Balaban J connectivity index is 1.45. The van der Waals surface area contributed by atoms with Crippen LogP contribution in [0.25, 0.3) is 0 Å². The molecule has 1 aromatic rings. The van der Waals surface area contributed by atoms with Gasteiger partial charge in [-0.25, -0.2) is 0 Å². The van der Waals surface area contributed by atoms with Crippen molar-refractivity contribution in [3.63, 3.8) is 0 Å². The lowest BCUT2D eigenvalue weighted by molar-refractivity contribution is -0.126. The Morgan fingerprint density at radius 1 is 1.24 bits per heavy atom. The summed E-state index contributed by atoms with van der Waals surface area (Å²) in [6.07, 6.45) is 7.39. The van der Waals surface area contributed by atoms with Crippen molar-refractivity contribution in [2.24, 2.45) is 17.8 Å². The SMILES string of the molecule is Cc1nnc(S[C@H](C)C(=O)NC23CC4CC(CC(C4)C2)C3)n(N)c1=O. The second-order valence-electron chi connectivity index (χ2n) is 8.19. The number of hydrogen-bond donors (Lipinski definition) is 2. The fourth-order valence-electron chi connectivity index (χ4n) is 5.39. The van der Waals surface area contributed by atoms with Crippen LogP contribution in [0, 0.1) is 24.7 Å². The molecule has 5 rings (SSSR count). The van der Waals surface area contributed by atoms with E-state index in [0.717, 1.165) is 41.7 Å². The molecule has 1 heterocycles. The van der Waals surface area contributed by atoms with Gasteiger partial charge in [-0.15, -0.1) is 10.2 Å². The third kappa shape index (κ3) is 3.05. The van der Waals surface area contributed by atoms with Crippen molar-refractivity contribution in [1.82, 2.24) is 20.2 Å². The largest absolute Gasteiger partial charge is 0.350 e. The van der Waals surface area contributed by atoms with Gasteiger partial charge in [0.25, 0.3) is 5.56 Å². The minimum absolute atomic E-state index is 0.00164. The molecule has 1 atom stereocenters. The standard InChI is InChI=1S/C17H25N5O2S/c1-9-15(24)22(18)16(21-20-9)25-10(2)14(23)19-17-6-11-3-12(7-17)5-13(4-11)8-17/h10-13H,3-8,18H2,1-2H3,(H,19,23)/t10-,11?,12?,13?,17?/m1/s1. The fraction of sp³-hybridized carbons (Fsp3) is 0.765. The average molecular weight is 363 g/mol. The molecule has 4 bridgehead atoms. The minimum atomic E-state index is -0.383. The number of carbonyl (C=O) groups is 1. The lowest BCUT2D eigenvalue weighted by Crippen LogP contribution is -2.60. The molecule has 4 aliphatic rings. The molecular formula is C17H25N5O2S. The third-order valence-electron chi connectivity index (χ3n) is 6.10. The molecule has 4 fully saturated rings. The van der Waals surface area contributed by atoms with Gasteiger partial charge in [0.1, 0.15) is 5.69 Å². The quantitative estimate of drug-likeness (QED) is 0.616.